The maximum atomic E-state index is 13.0. The maximum Gasteiger partial charge on any atom is 0.331 e. The number of phenolic OH excluding ortho intramolecular Hbond substituents is 3. The fourth-order valence-electron chi connectivity index (χ4n) is 4.99. The van der Waals surface area contributed by atoms with Crippen molar-refractivity contribution in [3.05, 3.63) is 59.7 Å². The van der Waals surface area contributed by atoms with Gasteiger partial charge in [0.15, 0.2) is 36.3 Å². The Balaban J connectivity index is 1.61. The highest BCUT2D eigenvalue weighted by atomic mass is 16.8. The number of ether oxygens (including phenoxy) is 6. The highest BCUT2D eigenvalue weighted by Crippen LogP contribution is 2.33. The molecular weight excluding hydrogens is 612 g/mol. The van der Waals surface area contributed by atoms with E-state index in [-0.39, 0.29) is 30.3 Å². The summed E-state index contributed by atoms with van der Waals surface area (Å²) in [6.07, 6.45) is -12.1. The van der Waals surface area contributed by atoms with Gasteiger partial charge in [0.2, 0.25) is 0 Å². The molecule has 2 heterocycles. The monoisotopic (exact) mass is 650 g/mol. The van der Waals surface area contributed by atoms with Crippen molar-refractivity contribution < 1.29 is 73.8 Å². The van der Waals surface area contributed by atoms with Crippen LogP contribution in [-0.4, -0.2) is 122 Å². The first-order chi connectivity index (χ1) is 21.9. The van der Waals surface area contributed by atoms with Gasteiger partial charge in [0.1, 0.15) is 36.3 Å². The standard InChI is InChI=1S/C31H38O15/c1-15-24(38)25(39)26(40)30(42-15)46-28-27(45-23(37)10-6-17-3-7-19(34)8-4-17)22(14-32)44-31(29(28)43-16(2)33)41-12-11-18-5-9-20(35)21(36)13-18/h3-10,13,15,22,24-32,34-36,38-40H,11-12,14H2,1-2H3/t15-,22+,24+,25+,26+,27-,28-,29-,30+,31+/m0/s1. The molecule has 2 aromatic rings. The number of carbonyl (C=O) groups excluding carboxylic acids is 2. The molecule has 252 valence electrons. The van der Waals surface area contributed by atoms with E-state index in [1.165, 1.54) is 37.3 Å². The van der Waals surface area contributed by atoms with Gasteiger partial charge in [0.25, 0.3) is 0 Å². The van der Waals surface area contributed by atoms with Gasteiger partial charge in [0, 0.05) is 13.0 Å². The summed E-state index contributed by atoms with van der Waals surface area (Å²) in [5, 5.41) is 70.3. The molecule has 2 aliphatic heterocycles. The lowest BCUT2D eigenvalue weighted by molar-refractivity contribution is -0.358. The second-order valence-electron chi connectivity index (χ2n) is 10.9. The van der Waals surface area contributed by atoms with Crippen molar-refractivity contribution in [3.63, 3.8) is 0 Å². The van der Waals surface area contributed by atoms with Crippen LogP contribution in [0.4, 0.5) is 0 Å². The van der Waals surface area contributed by atoms with Crippen molar-refractivity contribution in [1.29, 1.82) is 0 Å². The number of phenols is 3. The Morgan fingerprint density at radius 3 is 2.22 bits per heavy atom. The van der Waals surface area contributed by atoms with Crippen LogP contribution in [0.25, 0.3) is 6.08 Å². The van der Waals surface area contributed by atoms with Crippen molar-refractivity contribution in [3.8, 4) is 17.2 Å². The number of rotatable bonds is 11. The van der Waals surface area contributed by atoms with E-state index < -0.39 is 80.0 Å². The smallest absolute Gasteiger partial charge is 0.331 e. The normalized spacial score (nSPS) is 31.4. The summed E-state index contributed by atoms with van der Waals surface area (Å²) in [7, 11) is 0. The molecule has 0 radical (unpaired) electrons. The molecule has 7 N–H and O–H groups in total. The number of benzene rings is 2. The van der Waals surface area contributed by atoms with Crippen LogP contribution >= 0.6 is 0 Å². The van der Waals surface area contributed by atoms with Crippen LogP contribution in [0.15, 0.2) is 48.5 Å². The number of carbonyl (C=O) groups is 2. The minimum Gasteiger partial charge on any atom is -0.508 e. The zero-order valence-electron chi connectivity index (χ0n) is 25.0. The summed E-state index contributed by atoms with van der Waals surface area (Å²) in [4.78, 5) is 25.2. The predicted molar refractivity (Wildman–Crippen MR) is 155 cm³/mol. The third-order valence-electron chi connectivity index (χ3n) is 7.44. The van der Waals surface area contributed by atoms with Crippen LogP contribution < -0.4 is 0 Å². The Kier molecular flexibility index (Phi) is 11.9. The van der Waals surface area contributed by atoms with Crippen LogP contribution in [0.1, 0.15) is 25.0 Å². The second kappa shape index (κ2) is 15.7. The third-order valence-corrected chi connectivity index (χ3v) is 7.44. The SMILES string of the molecule is CC(=O)O[C@@H]1[C@H](OCCc2ccc(O)c(O)c2)O[C@H](CO)[C@H](OC(=O)C=Cc2ccc(O)cc2)[C@@H]1O[C@H]1O[C@@H](C)[C@@H](O)[C@@H](O)[C@H]1O. The van der Waals surface area contributed by atoms with Gasteiger partial charge in [-0.15, -0.1) is 0 Å². The lowest BCUT2D eigenvalue weighted by Crippen LogP contribution is -2.65. The van der Waals surface area contributed by atoms with Gasteiger partial charge >= 0.3 is 11.9 Å². The lowest BCUT2D eigenvalue weighted by Gasteiger charge is -2.47. The van der Waals surface area contributed by atoms with Gasteiger partial charge in [0.05, 0.1) is 19.3 Å². The average molecular weight is 651 g/mol. The minimum absolute atomic E-state index is 0.0263. The first kappa shape index (κ1) is 35.1. The fourth-order valence-corrected chi connectivity index (χ4v) is 4.99. The molecule has 0 aliphatic carbocycles. The van der Waals surface area contributed by atoms with Gasteiger partial charge in [-0.1, -0.05) is 18.2 Å². The first-order valence-corrected chi connectivity index (χ1v) is 14.5. The molecule has 2 fully saturated rings. The van der Waals surface area contributed by atoms with Crippen LogP contribution in [0.5, 0.6) is 17.2 Å². The van der Waals surface area contributed by atoms with E-state index in [2.05, 4.69) is 0 Å². The average Bonchev–Trinajstić information content (AvgIpc) is 3.02. The summed E-state index contributed by atoms with van der Waals surface area (Å²) >= 11 is 0. The summed E-state index contributed by atoms with van der Waals surface area (Å²) in [5.41, 5.74) is 1.13. The Morgan fingerprint density at radius 2 is 1.57 bits per heavy atom. The molecule has 0 amide bonds. The molecule has 0 bridgehead atoms. The van der Waals surface area contributed by atoms with E-state index in [9.17, 15) is 45.3 Å². The van der Waals surface area contributed by atoms with Crippen molar-refractivity contribution in [2.24, 2.45) is 0 Å². The van der Waals surface area contributed by atoms with Gasteiger partial charge in [-0.05, 0) is 54.8 Å². The van der Waals surface area contributed by atoms with E-state index in [1.807, 2.05) is 0 Å². The van der Waals surface area contributed by atoms with Gasteiger partial charge in [-0.3, -0.25) is 4.79 Å². The molecule has 0 aromatic heterocycles. The predicted octanol–water partition coefficient (Wildman–Crippen LogP) is -0.151. The number of hydrogen-bond acceptors (Lipinski definition) is 15. The number of esters is 2. The van der Waals surface area contributed by atoms with Crippen LogP contribution in [-0.2, 0) is 44.4 Å². The fraction of sp³-hybridized carbons (Fsp3) is 0.484. The Labute approximate surface area is 263 Å². The maximum absolute atomic E-state index is 13.0. The second-order valence-corrected chi connectivity index (χ2v) is 10.9. The highest BCUT2D eigenvalue weighted by molar-refractivity contribution is 5.87. The summed E-state index contributed by atoms with van der Waals surface area (Å²) < 4.78 is 34.5. The number of aliphatic hydroxyl groups is 4. The third kappa shape index (κ3) is 8.71. The molecule has 2 saturated heterocycles. The molecule has 2 aromatic carbocycles. The molecule has 15 heteroatoms. The van der Waals surface area contributed by atoms with E-state index >= 15 is 0 Å². The number of aliphatic hydroxyl groups excluding tert-OH is 4. The molecular formula is C31H38O15. The zero-order chi connectivity index (χ0) is 33.5. The lowest BCUT2D eigenvalue weighted by atomic mass is 9.96. The van der Waals surface area contributed by atoms with Gasteiger partial charge in [-0.25, -0.2) is 4.79 Å². The van der Waals surface area contributed by atoms with Crippen molar-refractivity contribution in [2.45, 2.75) is 81.7 Å². The number of aromatic hydroxyl groups is 3. The van der Waals surface area contributed by atoms with Gasteiger partial charge < -0.3 is 64.2 Å². The van der Waals surface area contributed by atoms with E-state index in [4.69, 9.17) is 28.4 Å². The molecule has 4 rings (SSSR count). The quantitative estimate of drug-likeness (QED) is 0.0952. The molecule has 0 saturated carbocycles. The summed E-state index contributed by atoms with van der Waals surface area (Å²) in [5.74, 6) is -2.35. The van der Waals surface area contributed by atoms with Crippen molar-refractivity contribution in [2.75, 3.05) is 13.2 Å². The van der Waals surface area contributed by atoms with Crippen molar-refractivity contribution >= 4 is 18.0 Å². The Morgan fingerprint density at radius 1 is 0.848 bits per heavy atom. The zero-order valence-corrected chi connectivity index (χ0v) is 25.0. The Hall–Kier alpha value is -3.80. The van der Waals surface area contributed by atoms with Crippen LogP contribution in [0.3, 0.4) is 0 Å². The molecule has 0 unspecified atom stereocenters. The van der Waals surface area contributed by atoms with Gasteiger partial charge in [-0.2, -0.15) is 0 Å². The Bertz CT molecular complexity index is 1350. The summed E-state index contributed by atoms with van der Waals surface area (Å²) in [6.45, 7) is 1.71. The van der Waals surface area contributed by atoms with Crippen LogP contribution in [0, 0.1) is 0 Å². The topological polar surface area (TPSA) is 231 Å². The molecule has 15 nitrogen and oxygen atoms in total. The molecule has 0 spiro atoms. The van der Waals surface area contributed by atoms with Crippen molar-refractivity contribution in [1.82, 2.24) is 0 Å². The largest absolute Gasteiger partial charge is 0.508 e. The molecule has 10 atom stereocenters. The molecule has 2 aliphatic rings. The van der Waals surface area contributed by atoms with E-state index in [0.717, 1.165) is 13.0 Å². The minimum atomic E-state index is -1.79. The van der Waals surface area contributed by atoms with Crippen LogP contribution in [0.2, 0.25) is 0 Å². The van der Waals surface area contributed by atoms with E-state index in [1.54, 1.807) is 18.2 Å². The van der Waals surface area contributed by atoms with E-state index in [0.29, 0.717) is 11.1 Å². The highest BCUT2D eigenvalue weighted by Gasteiger charge is 2.54. The molecule has 46 heavy (non-hydrogen) atoms. The number of hydrogen-bond donors (Lipinski definition) is 7. The first-order valence-electron chi connectivity index (χ1n) is 14.5. The summed E-state index contributed by atoms with van der Waals surface area (Å²) in [6, 6.07) is 10.1.